The average molecular weight is 290 g/mol. The van der Waals surface area contributed by atoms with Crippen molar-refractivity contribution in [1.82, 2.24) is 4.90 Å². The Morgan fingerprint density at radius 3 is 2.81 bits per heavy atom. The van der Waals surface area contributed by atoms with Crippen LogP contribution in [0.5, 0.6) is 0 Å². The summed E-state index contributed by atoms with van der Waals surface area (Å²) in [5.74, 6) is -0.973. The summed E-state index contributed by atoms with van der Waals surface area (Å²) in [6, 6.07) is 7.44. The molecule has 1 saturated heterocycles. The first-order valence-electron chi connectivity index (χ1n) is 7.38. The van der Waals surface area contributed by atoms with Crippen molar-refractivity contribution < 1.29 is 14.7 Å². The first kappa shape index (κ1) is 15.4. The zero-order chi connectivity index (χ0) is 15.5. The van der Waals surface area contributed by atoms with Gasteiger partial charge in [0.2, 0.25) is 5.91 Å². The fraction of sp³-hybridized carbons (Fsp3) is 0.500. The molecule has 1 aliphatic rings. The second-order valence-corrected chi connectivity index (χ2v) is 5.58. The number of carbonyl (C=O) groups excluding carboxylic acids is 1. The summed E-state index contributed by atoms with van der Waals surface area (Å²) >= 11 is 0. The first-order chi connectivity index (χ1) is 9.99. The maximum Gasteiger partial charge on any atom is 0.329 e. The standard InChI is InChI=1S/C16H22N2O3/c1-2-16(15(20)21)9-4-10-18(16)14(19)8-7-12-5-3-6-13(17)11-12/h3,5-6,11H,2,4,7-10,17H2,1H3,(H,20,21). The third kappa shape index (κ3) is 3.01. The molecule has 0 aliphatic carbocycles. The minimum Gasteiger partial charge on any atom is -0.479 e. The summed E-state index contributed by atoms with van der Waals surface area (Å²) in [6.45, 7) is 2.37. The van der Waals surface area contributed by atoms with Gasteiger partial charge in [-0.15, -0.1) is 0 Å². The van der Waals surface area contributed by atoms with Crippen LogP contribution in [0.4, 0.5) is 5.69 Å². The van der Waals surface area contributed by atoms with Crippen molar-refractivity contribution in [2.24, 2.45) is 0 Å². The highest BCUT2D eigenvalue weighted by molar-refractivity contribution is 5.87. The molecule has 0 saturated carbocycles. The molecule has 0 aromatic heterocycles. The molecule has 0 spiro atoms. The molecule has 1 aromatic carbocycles. The molecule has 21 heavy (non-hydrogen) atoms. The number of hydrogen-bond acceptors (Lipinski definition) is 3. The Kier molecular flexibility index (Phi) is 4.50. The SMILES string of the molecule is CCC1(C(=O)O)CCCN1C(=O)CCc1cccc(N)c1. The first-order valence-corrected chi connectivity index (χ1v) is 7.38. The fourth-order valence-electron chi connectivity index (χ4n) is 3.12. The highest BCUT2D eigenvalue weighted by atomic mass is 16.4. The molecular weight excluding hydrogens is 268 g/mol. The van der Waals surface area contributed by atoms with Gasteiger partial charge in [-0.05, 0) is 43.4 Å². The van der Waals surface area contributed by atoms with Gasteiger partial charge in [0.05, 0.1) is 0 Å². The van der Waals surface area contributed by atoms with E-state index in [1.165, 1.54) is 0 Å². The van der Waals surface area contributed by atoms with Crippen LogP contribution in [0.15, 0.2) is 24.3 Å². The number of nitrogen functional groups attached to an aromatic ring is 1. The predicted octanol–water partition coefficient (Wildman–Crippen LogP) is 2.06. The van der Waals surface area contributed by atoms with Crippen LogP contribution in [0.3, 0.4) is 0 Å². The molecule has 1 amide bonds. The van der Waals surface area contributed by atoms with E-state index in [9.17, 15) is 14.7 Å². The normalized spacial score (nSPS) is 21.5. The molecule has 1 unspecified atom stereocenters. The van der Waals surface area contributed by atoms with E-state index in [2.05, 4.69) is 0 Å². The molecule has 1 aliphatic heterocycles. The Balaban J connectivity index is 2.04. The van der Waals surface area contributed by atoms with Crippen molar-refractivity contribution in [2.45, 2.75) is 44.6 Å². The number of hydrogen-bond donors (Lipinski definition) is 2. The Morgan fingerprint density at radius 2 is 2.19 bits per heavy atom. The van der Waals surface area contributed by atoms with Gasteiger partial charge in [0, 0.05) is 18.7 Å². The van der Waals surface area contributed by atoms with Crippen LogP contribution in [0.2, 0.25) is 0 Å². The number of benzene rings is 1. The molecular formula is C16H22N2O3. The molecule has 1 aromatic rings. The van der Waals surface area contributed by atoms with Gasteiger partial charge in [0.25, 0.3) is 0 Å². The molecule has 5 nitrogen and oxygen atoms in total. The van der Waals surface area contributed by atoms with E-state index in [-0.39, 0.29) is 5.91 Å². The van der Waals surface area contributed by atoms with Gasteiger partial charge in [-0.3, -0.25) is 4.79 Å². The van der Waals surface area contributed by atoms with Gasteiger partial charge < -0.3 is 15.7 Å². The quantitative estimate of drug-likeness (QED) is 0.813. The molecule has 2 rings (SSSR count). The number of aliphatic carboxylic acids is 1. The zero-order valence-electron chi connectivity index (χ0n) is 12.3. The Labute approximate surface area is 124 Å². The number of nitrogens with zero attached hydrogens (tertiary/aromatic N) is 1. The van der Waals surface area contributed by atoms with Crippen LogP contribution >= 0.6 is 0 Å². The summed E-state index contributed by atoms with van der Waals surface area (Å²) in [5, 5.41) is 9.49. The van der Waals surface area contributed by atoms with Crippen molar-refractivity contribution in [3.8, 4) is 0 Å². The topological polar surface area (TPSA) is 83.6 Å². The Bertz CT molecular complexity index is 544. The van der Waals surface area contributed by atoms with Crippen LogP contribution in [0, 0.1) is 0 Å². The largest absolute Gasteiger partial charge is 0.479 e. The summed E-state index contributed by atoms with van der Waals surface area (Å²) < 4.78 is 0. The van der Waals surface area contributed by atoms with E-state index in [0.717, 1.165) is 12.0 Å². The lowest BCUT2D eigenvalue weighted by atomic mass is 9.92. The zero-order valence-corrected chi connectivity index (χ0v) is 12.3. The number of aryl methyl sites for hydroxylation is 1. The van der Waals surface area contributed by atoms with Crippen LogP contribution < -0.4 is 5.73 Å². The van der Waals surface area contributed by atoms with Crippen molar-refractivity contribution in [3.05, 3.63) is 29.8 Å². The average Bonchev–Trinajstić information content (AvgIpc) is 2.90. The lowest BCUT2D eigenvalue weighted by Crippen LogP contribution is -2.52. The summed E-state index contributed by atoms with van der Waals surface area (Å²) in [7, 11) is 0. The predicted molar refractivity (Wildman–Crippen MR) is 80.8 cm³/mol. The minimum atomic E-state index is -1.01. The lowest BCUT2D eigenvalue weighted by Gasteiger charge is -2.34. The van der Waals surface area contributed by atoms with Crippen LogP contribution in [-0.4, -0.2) is 34.0 Å². The van der Waals surface area contributed by atoms with Crippen LogP contribution in [-0.2, 0) is 16.0 Å². The minimum absolute atomic E-state index is 0.0841. The lowest BCUT2D eigenvalue weighted by molar-refractivity contribution is -0.156. The number of anilines is 1. The van der Waals surface area contributed by atoms with E-state index in [1.54, 1.807) is 11.0 Å². The van der Waals surface area contributed by atoms with Gasteiger partial charge >= 0.3 is 5.97 Å². The monoisotopic (exact) mass is 290 g/mol. The number of carbonyl (C=O) groups is 2. The number of likely N-dealkylation sites (tertiary alicyclic amines) is 1. The second kappa shape index (κ2) is 6.16. The third-order valence-electron chi connectivity index (χ3n) is 4.35. The highest BCUT2D eigenvalue weighted by Gasteiger charge is 2.48. The third-order valence-corrected chi connectivity index (χ3v) is 4.35. The maximum absolute atomic E-state index is 12.4. The van der Waals surface area contributed by atoms with Gasteiger partial charge in [0.1, 0.15) is 5.54 Å². The van der Waals surface area contributed by atoms with E-state index >= 15 is 0 Å². The van der Waals surface area contributed by atoms with E-state index < -0.39 is 11.5 Å². The molecule has 114 valence electrons. The van der Waals surface area contributed by atoms with Crippen LogP contribution in [0.1, 0.15) is 38.2 Å². The summed E-state index contributed by atoms with van der Waals surface area (Å²) in [4.78, 5) is 25.5. The van der Waals surface area contributed by atoms with Crippen LogP contribution in [0.25, 0.3) is 0 Å². The van der Waals surface area contributed by atoms with E-state index in [1.807, 2.05) is 25.1 Å². The van der Waals surface area contributed by atoms with Crippen molar-refractivity contribution in [2.75, 3.05) is 12.3 Å². The molecule has 0 radical (unpaired) electrons. The number of amides is 1. The Hall–Kier alpha value is -2.04. The van der Waals surface area contributed by atoms with E-state index in [4.69, 9.17) is 5.73 Å². The van der Waals surface area contributed by atoms with Crippen molar-refractivity contribution >= 4 is 17.6 Å². The number of nitrogens with two attached hydrogens (primary N) is 1. The second-order valence-electron chi connectivity index (χ2n) is 5.58. The van der Waals surface area contributed by atoms with Gasteiger partial charge in [-0.1, -0.05) is 19.1 Å². The van der Waals surface area contributed by atoms with Gasteiger partial charge in [-0.25, -0.2) is 4.79 Å². The fourth-order valence-corrected chi connectivity index (χ4v) is 3.12. The smallest absolute Gasteiger partial charge is 0.329 e. The molecule has 0 bridgehead atoms. The molecule has 1 atom stereocenters. The molecule has 3 N–H and O–H groups in total. The summed E-state index contributed by atoms with van der Waals surface area (Å²) in [5.41, 5.74) is 6.39. The van der Waals surface area contributed by atoms with Gasteiger partial charge in [-0.2, -0.15) is 0 Å². The molecule has 5 heteroatoms. The van der Waals surface area contributed by atoms with Crippen molar-refractivity contribution in [1.29, 1.82) is 0 Å². The van der Waals surface area contributed by atoms with E-state index in [0.29, 0.717) is 37.9 Å². The maximum atomic E-state index is 12.4. The molecule has 1 fully saturated rings. The Morgan fingerprint density at radius 1 is 1.43 bits per heavy atom. The van der Waals surface area contributed by atoms with Crippen molar-refractivity contribution in [3.63, 3.8) is 0 Å². The number of rotatable bonds is 5. The van der Waals surface area contributed by atoms with Gasteiger partial charge in [0.15, 0.2) is 0 Å². The summed E-state index contributed by atoms with van der Waals surface area (Å²) in [6.07, 6.45) is 2.65. The number of carboxylic acids is 1. The highest BCUT2D eigenvalue weighted by Crippen LogP contribution is 2.33. The number of carboxylic acid groups (broad SMARTS) is 1. The molecule has 1 heterocycles.